The minimum Gasteiger partial charge on any atom is -0.335 e. The molecule has 0 radical (unpaired) electrons. The van der Waals surface area contributed by atoms with Gasteiger partial charge in [0.2, 0.25) is 5.91 Å². The summed E-state index contributed by atoms with van der Waals surface area (Å²) in [7, 11) is 3.33. The first-order valence-corrected chi connectivity index (χ1v) is 6.58. The maximum absolute atomic E-state index is 12.1. The molecule has 1 aromatic heterocycles. The van der Waals surface area contributed by atoms with Gasteiger partial charge in [-0.25, -0.2) is 5.01 Å². The van der Waals surface area contributed by atoms with Gasteiger partial charge in [0, 0.05) is 31.8 Å². The molecule has 2 heterocycles. The molecule has 0 bridgehead atoms. The van der Waals surface area contributed by atoms with Crippen LogP contribution >= 0.6 is 11.3 Å². The van der Waals surface area contributed by atoms with Crippen molar-refractivity contribution in [3.05, 3.63) is 22.4 Å². The molecule has 0 fully saturated rings. The van der Waals surface area contributed by atoms with Gasteiger partial charge in [0.05, 0.1) is 6.54 Å². The average molecular weight is 265 g/mol. The van der Waals surface area contributed by atoms with Crippen LogP contribution in [0.2, 0.25) is 0 Å². The summed E-state index contributed by atoms with van der Waals surface area (Å²) in [5.74, 6) is -0.157. The van der Waals surface area contributed by atoms with E-state index < -0.39 is 0 Å². The zero-order chi connectivity index (χ0) is 13.1. The third-order valence-electron chi connectivity index (χ3n) is 2.77. The molecule has 0 N–H and O–H groups in total. The van der Waals surface area contributed by atoms with Gasteiger partial charge in [-0.15, -0.1) is 11.3 Å². The van der Waals surface area contributed by atoms with Crippen LogP contribution in [0.25, 0.3) is 0 Å². The van der Waals surface area contributed by atoms with E-state index in [0.29, 0.717) is 25.1 Å². The third-order valence-corrected chi connectivity index (χ3v) is 3.64. The zero-order valence-electron chi connectivity index (χ0n) is 10.4. The molecule has 0 atom stereocenters. The Labute approximate surface area is 110 Å². The Hall–Kier alpha value is -1.69. The quantitative estimate of drug-likeness (QED) is 0.827. The molecule has 0 saturated heterocycles. The monoisotopic (exact) mass is 265 g/mol. The predicted octanol–water partition coefficient (Wildman–Crippen LogP) is 1.31. The van der Waals surface area contributed by atoms with E-state index >= 15 is 0 Å². The minimum atomic E-state index is -0.109. The summed E-state index contributed by atoms with van der Waals surface area (Å²) in [4.78, 5) is 26.2. The molecular formula is C12H15N3O2S. The van der Waals surface area contributed by atoms with Gasteiger partial charge >= 0.3 is 0 Å². The van der Waals surface area contributed by atoms with Gasteiger partial charge in [-0.05, 0) is 11.4 Å². The molecule has 1 aromatic rings. The van der Waals surface area contributed by atoms with Crippen LogP contribution in [-0.4, -0.2) is 41.5 Å². The van der Waals surface area contributed by atoms with Crippen LogP contribution in [0, 0.1) is 0 Å². The van der Waals surface area contributed by atoms with Crippen molar-refractivity contribution in [3.63, 3.8) is 0 Å². The summed E-state index contributed by atoms with van der Waals surface area (Å²) in [6, 6.07) is 3.95. The third kappa shape index (κ3) is 2.76. The molecular weight excluding hydrogens is 250 g/mol. The SMILES string of the molecule is CN(Cc1cccs1)C(=O)C1=NN(C)C(=O)CC1. The summed E-state index contributed by atoms with van der Waals surface area (Å²) in [6.45, 7) is 0.577. The Kier molecular flexibility index (Phi) is 3.76. The van der Waals surface area contributed by atoms with Gasteiger partial charge < -0.3 is 4.90 Å². The molecule has 1 aliphatic heterocycles. The predicted molar refractivity (Wildman–Crippen MR) is 70.2 cm³/mol. The average Bonchev–Trinajstić information content (AvgIpc) is 2.84. The second-order valence-electron chi connectivity index (χ2n) is 4.20. The first kappa shape index (κ1) is 12.8. The molecule has 0 aromatic carbocycles. The maximum Gasteiger partial charge on any atom is 0.270 e. The number of rotatable bonds is 3. The lowest BCUT2D eigenvalue weighted by Crippen LogP contribution is -2.38. The van der Waals surface area contributed by atoms with Crippen LogP contribution in [0.4, 0.5) is 0 Å². The minimum absolute atomic E-state index is 0.0486. The van der Waals surface area contributed by atoms with Gasteiger partial charge in [-0.1, -0.05) is 6.07 Å². The normalized spacial score (nSPS) is 15.6. The number of thiophene rings is 1. The molecule has 0 aliphatic carbocycles. The summed E-state index contributed by atoms with van der Waals surface area (Å²) >= 11 is 1.62. The smallest absolute Gasteiger partial charge is 0.270 e. The molecule has 0 unspecified atom stereocenters. The van der Waals surface area contributed by atoms with Crippen LogP contribution in [-0.2, 0) is 16.1 Å². The lowest BCUT2D eigenvalue weighted by atomic mass is 10.1. The largest absolute Gasteiger partial charge is 0.335 e. The Morgan fingerprint density at radius 3 is 2.94 bits per heavy atom. The fourth-order valence-electron chi connectivity index (χ4n) is 1.75. The Morgan fingerprint density at radius 1 is 1.56 bits per heavy atom. The maximum atomic E-state index is 12.1. The zero-order valence-corrected chi connectivity index (χ0v) is 11.2. The summed E-state index contributed by atoms with van der Waals surface area (Å²) in [5.41, 5.74) is 0.455. The number of nitrogens with zero attached hydrogens (tertiary/aromatic N) is 3. The first-order chi connectivity index (χ1) is 8.58. The number of hydrogen-bond acceptors (Lipinski definition) is 4. The van der Waals surface area contributed by atoms with Crippen molar-refractivity contribution in [2.24, 2.45) is 5.10 Å². The summed E-state index contributed by atoms with van der Waals surface area (Å²) in [6.07, 6.45) is 0.782. The first-order valence-electron chi connectivity index (χ1n) is 5.70. The van der Waals surface area contributed by atoms with Crippen molar-refractivity contribution >= 4 is 28.9 Å². The van der Waals surface area contributed by atoms with Crippen LogP contribution in [0.1, 0.15) is 17.7 Å². The van der Waals surface area contributed by atoms with E-state index in [9.17, 15) is 9.59 Å². The van der Waals surface area contributed by atoms with Crippen LogP contribution in [0.3, 0.4) is 0 Å². The van der Waals surface area contributed by atoms with Crippen molar-refractivity contribution in [3.8, 4) is 0 Å². The fourth-order valence-corrected chi connectivity index (χ4v) is 2.51. The van der Waals surface area contributed by atoms with E-state index in [-0.39, 0.29) is 11.8 Å². The summed E-state index contributed by atoms with van der Waals surface area (Å²) in [5, 5.41) is 7.26. The highest BCUT2D eigenvalue weighted by molar-refractivity contribution is 7.09. The highest BCUT2D eigenvalue weighted by atomic mass is 32.1. The molecule has 2 rings (SSSR count). The van der Waals surface area contributed by atoms with E-state index in [1.807, 2.05) is 17.5 Å². The standard InChI is InChI=1S/C12H15N3O2S/c1-14(8-9-4-3-7-18-9)12(17)10-5-6-11(16)15(2)13-10/h3-4,7H,5-6,8H2,1-2H3. The number of hydrogen-bond donors (Lipinski definition) is 0. The van der Waals surface area contributed by atoms with Crippen LogP contribution < -0.4 is 0 Å². The Balaban J connectivity index is 2.03. The Morgan fingerprint density at radius 2 is 2.33 bits per heavy atom. The van der Waals surface area contributed by atoms with E-state index in [1.54, 1.807) is 30.3 Å². The highest BCUT2D eigenvalue weighted by Gasteiger charge is 2.24. The number of carbonyl (C=O) groups is 2. The fraction of sp³-hybridized carbons (Fsp3) is 0.417. The number of carbonyl (C=O) groups excluding carboxylic acids is 2. The molecule has 1 aliphatic rings. The molecule has 96 valence electrons. The highest BCUT2D eigenvalue weighted by Crippen LogP contribution is 2.13. The van der Waals surface area contributed by atoms with Gasteiger partial charge in [0.1, 0.15) is 5.71 Å². The van der Waals surface area contributed by atoms with E-state index in [2.05, 4.69) is 5.10 Å². The molecule has 0 saturated carbocycles. The van der Waals surface area contributed by atoms with Gasteiger partial charge in [-0.3, -0.25) is 9.59 Å². The van der Waals surface area contributed by atoms with Crippen molar-refractivity contribution in [1.82, 2.24) is 9.91 Å². The van der Waals surface area contributed by atoms with Gasteiger partial charge in [0.15, 0.2) is 0 Å². The molecule has 5 nitrogen and oxygen atoms in total. The van der Waals surface area contributed by atoms with E-state index in [1.165, 1.54) is 5.01 Å². The Bertz CT molecular complexity index is 482. The van der Waals surface area contributed by atoms with E-state index in [4.69, 9.17) is 0 Å². The second-order valence-corrected chi connectivity index (χ2v) is 5.24. The van der Waals surface area contributed by atoms with Gasteiger partial charge in [-0.2, -0.15) is 5.10 Å². The second kappa shape index (κ2) is 5.30. The summed E-state index contributed by atoms with van der Waals surface area (Å²) < 4.78 is 0. The lowest BCUT2D eigenvalue weighted by molar-refractivity contribution is -0.130. The molecule has 2 amide bonds. The van der Waals surface area contributed by atoms with Crippen molar-refractivity contribution in [1.29, 1.82) is 0 Å². The van der Waals surface area contributed by atoms with Gasteiger partial charge in [0.25, 0.3) is 5.91 Å². The number of amides is 2. The van der Waals surface area contributed by atoms with Crippen molar-refractivity contribution < 1.29 is 9.59 Å². The molecule has 6 heteroatoms. The lowest BCUT2D eigenvalue weighted by Gasteiger charge is -2.22. The van der Waals surface area contributed by atoms with Crippen molar-refractivity contribution in [2.75, 3.05) is 14.1 Å². The van der Waals surface area contributed by atoms with Crippen molar-refractivity contribution in [2.45, 2.75) is 19.4 Å². The van der Waals surface area contributed by atoms with Crippen LogP contribution in [0.5, 0.6) is 0 Å². The molecule has 18 heavy (non-hydrogen) atoms. The van der Waals surface area contributed by atoms with Crippen LogP contribution in [0.15, 0.2) is 22.6 Å². The number of hydrazone groups is 1. The topological polar surface area (TPSA) is 53.0 Å². The molecule has 0 spiro atoms. The van der Waals surface area contributed by atoms with E-state index in [0.717, 1.165) is 4.88 Å².